The molecule has 0 fully saturated rings. The molecule has 0 aliphatic heterocycles. The van der Waals surface area contributed by atoms with Crippen LogP contribution in [0.4, 0.5) is 17.1 Å². The Morgan fingerprint density at radius 1 is 0.276 bits per heavy atom. The van der Waals surface area contributed by atoms with E-state index < -0.39 is 5.41 Å². The van der Waals surface area contributed by atoms with Crippen LogP contribution in [0.15, 0.2) is 297 Å². The van der Waals surface area contributed by atoms with Crippen molar-refractivity contribution < 1.29 is 0 Å². The van der Waals surface area contributed by atoms with E-state index in [1.54, 1.807) is 0 Å². The van der Waals surface area contributed by atoms with Gasteiger partial charge in [-0.15, -0.1) is 0 Å². The van der Waals surface area contributed by atoms with Crippen LogP contribution in [0.5, 0.6) is 0 Å². The molecule has 15 rings (SSSR count). The zero-order valence-corrected chi connectivity index (χ0v) is 41.6. The number of hydrogen-bond acceptors (Lipinski definition) is 1. The van der Waals surface area contributed by atoms with Gasteiger partial charge in [-0.1, -0.05) is 218 Å². The van der Waals surface area contributed by atoms with Crippen LogP contribution >= 0.6 is 0 Å². The first-order valence-corrected chi connectivity index (χ1v) is 26.3. The van der Waals surface area contributed by atoms with Crippen molar-refractivity contribution in [2.75, 3.05) is 4.90 Å². The first-order valence-electron chi connectivity index (χ1n) is 26.3. The molecule has 76 heavy (non-hydrogen) atoms. The lowest BCUT2D eigenvalue weighted by atomic mass is 9.68. The Bertz CT molecular complexity index is 4240. The third-order valence-corrected chi connectivity index (χ3v) is 16.0. The lowest BCUT2D eigenvalue weighted by molar-refractivity contribution is 0.768. The SMILES string of the molecule is c1ccc(-n2c3ccccc3c3c(-c4ccc(N(c5ccc(-c6cccc7c6c6ccccc6n7-c6ccccc6)cc5)c5cccc6c5-c5ccccc5C6(c5ccccc5)c5ccccc5)cc4)cccc32)cc1. The third-order valence-electron chi connectivity index (χ3n) is 16.0. The average molecular weight is 968 g/mol. The highest BCUT2D eigenvalue weighted by molar-refractivity contribution is 6.17. The number of aromatic nitrogens is 2. The van der Waals surface area contributed by atoms with E-state index in [1.165, 1.54) is 99.2 Å². The predicted molar refractivity (Wildman–Crippen MR) is 318 cm³/mol. The van der Waals surface area contributed by atoms with Gasteiger partial charge in [0.05, 0.1) is 33.2 Å². The zero-order valence-electron chi connectivity index (χ0n) is 41.6. The number of rotatable bonds is 9. The monoisotopic (exact) mass is 967 g/mol. The summed E-state index contributed by atoms with van der Waals surface area (Å²) in [6.45, 7) is 0. The Labute approximate surface area is 442 Å². The van der Waals surface area contributed by atoms with Crippen molar-refractivity contribution >= 4 is 60.7 Å². The van der Waals surface area contributed by atoms with E-state index in [1.807, 2.05) is 0 Å². The van der Waals surface area contributed by atoms with E-state index in [2.05, 4.69) is 311 Å². The van der Waals surface area contributed by atoms with Crippen LogP contribution in [0.1, 0.15) is 22.3 Å². The quantitative estimate of drug-likeness (QED) is 0.140. The number of nitrogens with zero attached hydrogens (tertiary/aromatic N) is 3. The van der Waals surface area contributed by atoms with Crippen molar-refractivity contribution in [3.05, 3.63) is 320 Å². The molecule has 0 saturated heterocycles. The van der Waals surface area contributed by atoms with Crippen molar-refractivity contribution in [2.24, 2.45) is 0 Å². The highest BCUT2D eigenvalue weighted by Gasteiger charge is 2.47. The molecule has 1 aliphatic carbocycles. The maximum Gasteiger partial charge on any atom is 0.0714 e. The molecule has 356 valence electrons. The molecule has 1 aliphatic rings. The molecule has 0 spiro atoms. The molecule has 2 aromatic heterocycles. The van der Waals surface area contributed by atoms with Gasteiger partial charge in [0.1, 0.15) is 0 Å². The van der Waals surface area contributed by atoms with Gasteiger partial charge < -0.3 is 14.0 Å². The molecule has 2 heterocycles. The summed E-state index contributed by atoms with van der Waals surface area (Å²) in [6.07, 6.45) is 0. The Balaban J connectivity index is 0.934. The van der Waals surface area contributed by atoms with Crippen LogP contribution in [-0.2, 0) is 5.41 Å². The molecule has 0 N–H and O–H groups in total. The molecule has 3 heteroatoms. The molecular weight excluding hydrogens is 919 g/mol. The van der Waals surface area contributed by atoms with E-state index in [-0.39, 0.29) is 0 Å². The summed E-state index contributed by atoms with van der Waals surface area (Å²) in [5.41, 5.74) is 22.1. The van der Waals surface area contributed by atoms with Gasteiger partial charge in [0.2, 0.25) is 0 Å². The summed E-state index contributed by atoms with van der Waals surface area (Å²) in [7, 11) is 0. The van der Waals surface area contributed by atoms with Crippen molar-refractivity contribution in [3.63, 3.8) is 0 Å². The van der Waals surface area contributed by atoms with Gasteiger partial charge in [0.15, 0.2) is 0 Å². The Morgan fingerprint density at radius 3 is 1.16 bits per heavy atom. The van der Waals surface area contributed by atoms with Gasteiger partial charge in [0, 0.05) is 49.9 Å². The lowest BCUT2D eigenvalue weighted by Crippen LogP contribution is -2.28. The highest BCUT2D eigenvalue weighted by atomic mass is 15.1. The fourth-order valence-electron chi connectivity index (χ4n) is 12.9. The van der Waals surface area contributed by atoms with E-state index >= 15 is 0 Å². The van der Waals surface area contributed by atoms with Crippen LogP contribution < -0.4 is 4.90 Å². The fraction of sp³-hybridized carbons (Fsp3) is 0.0137. The third kappa shape index (κ3) is 6.56. The van der Waals surface area contributed by atoms with Gasteiger partial charge in [-0.05, 0) is 129 Å². The molecular formula is C73H49N3. The summed E-state index contributed by atoms with van der Waals surface area (Å²) in [6, 6.07) is 109. The van der Waals surface area contributed by atoms with Crippen molar-refractivity contribution in [3.8, 4) is 44.8 Å². The van der Waals surface area contributed by atoms with E-state index in [0.717, 1.165) is 28.4 Å². The van der Waals surface area contributed by atoms with Crippen LogP contribution in [-0.4, -0.2) is 9.13 Å². The standard InChI is InChI=1S/C73H49N3/c1-5-22-52(23-6-1)73(53-24-7-2-8-25-53)63-35-16-13-30-60(63)72-64(73)36-21-41-69(72)74(56-46-42-50(43-47-56)58-33-19-39-67-70(58)61-31-14-17-37-65(61)75(67)54-26-9-3-10-27-54)57-48-44-51(45-49-57)59-34-20-40-68-71(59)62-32-15-18-38-66(62)76(68)55-28-11-4-12-29-55/h1-49H. The number of hydrogen-bond donors (Lipinski definition) is 0. The number of benzene rings is 12. The summed E-state index contributed by atoms with van der Waals surface area (Å²) in [5, 5.41) is 4.98. The Hall–Kier alpha value is -9.96. The average Bonchev–Trinajstić information content (AvgIpc) is 4.21. The molecule has 0 amide bonds. The molecule has 0 unspecified atom stereocenters. The van der Waals surface area contributed by atoms with E-state index in [0.29, 0.717) is 0 Å². The van der Waals surface area contributed by atoms with E-state index in [9.17, 15) is 0 Å². The van der Waals surface area contributed by atoms with Gasteiger partial charge in [-0.3, -0.25) is 0 Å². The van der Waals surface area contributed by atoms with Crippen LogP contribution in [0, 0.1) is 0 Å². The number of fused-ring (bicyclic) bond motifs is 9. The smallest absolute Gasteiger partial charge is 0.0714 e. The molecule has 0 atom stereocenters. The summed E-state index contributed by atoms with van der Waals surface area (Å²) in [4.78, 5) is 2.49. The number of anilines is 3. The second-order valence-electron chi connectivity index (χ2n) is 19.9. The van der Waals surface area contributed by atoms with Crippen LogP contribution in [0.3, 0.4) is 0 Å². The minimum atomic E-state index is -0.543. The largest absolute Gasteiger partial charge is 0.310 e. The maximum atomic E-state index is 2.49. The summed E-state index contributed by atoms with van der Waals surface area (Å²) in [5.74, 6) is 0. The van der Waals surface area contributed by atoms with Crippen molar-refractivity contribution in [1.29, 1.82) is 0 Å². The minimum absolute atomic E-state index is 0.543. The first-order chi connectivity index (χ1) is 37.8. The van der Waals surface area contributed by atoms with Crippen molar-refractivity contribution in [2.45, 2.75) is 5.41 Å². The van der Waals surface area contributed by atoms with Crippen LogP contribution in [0.25, 0.3) is 88.4 Å². The van der Waals surface area contributed by atoms with Gasteiger partial charge in [0.25, 0.3) is 0 Å². The molecule has 12 aromatic carbocycles. The second-order valence-corrected chi connectivity index (χ2v) is 19.9. The first kappa shape index (κ1) is 43.6. The normalized spacial score (nSPS) is 12.6. The molecule has 14 aromatic rings. The van der Waals surface area contributed by atoms with Crippen molar-refractivity contribution in [1.82, 2.24) is 9.13 Å². The topological polar surface area (TPSA) is 13.1 Å². The fourth-order valence-corrected chi connectivity index (χ4v) is 12.9. The number of para-hydroxylation sites is 4. The van der Waals surface area contributed by atoms with Gasteiger partial charge in [-0.25, -0.2) is 0 Å². The lowest BCUT2D eigenvalue weighted by Gasteiger charge is -2.34. The Kier molecular flexibility index (Phi) is 10.1. The minimum Gasteiger partial charge on any atom is -0.310 e. The van der Waals surface area contributed by atoms with E-state index in [4.69, 9.17) is 0 Å². The predicted octanol–water partition coefficient (Wildman–Crippen LogP) is 19.0. The maximum absolute atomic E-state index is 2.49. The molecule has 0 bridgehead atoms. The Morgan fingerprint density at radius 2 is 0.658 bits per heavy atom. The second kappa shape index (κ2) is 17.6. The molecule has 3 nitrogen and oxygen atoms in total. The van der Waals surface area contributed by atoms with Gasteiger partial charge in [-0.2, -0.15) is 0 Å². The summed E-state index contributed by atoms with van der Waals surface area (Å²) < 4.78 is 4.79. The molecule has 0 saturated carbocycles. The molecule has 0 radical (unpaired) electrons. The summed E-state index contributed by atoms with van der Waals surface area (Å²) >= 11 is 0. The van der Waals surface area contributed by atoms with Crippen LogP contribution in [0.2, 0.25) is 0 Å². The highest BCUT2D eigenvalue weighted by Crippen LogP contribution is 2.59. The van der Waals surface area contributed by atoms with Gasteiger partial charge >= 0.3 is 0 Å². The zero-order chi connectivity index (χ0) is 50.2.